The minimum absolute atomic E-state index is 0.0346. The van der Waals surface area contributed by atoms with Gasteiger partial charge in [-0.3, -0.25) is 9.10 Å². The van der Waals surface area contributed by atoms with Crippen molar-refractivity contribution in [1.29, 1.82) is 0 Å². The van der Waals surface area contributed by atoms with E-state index < -0.39 is 38.7 Å². The number of carbonyl (C=O) groups excluding carboxylic acids is 2. The smallest absolute Gasteiger partial charge is 0.240 e. The van der Waals surface area contributed by atoms with Gasteiger partial charge in [0.25, 0.3) is 0 Å². The molecule has 0 aliphatic carbocycles. The minimum atomic E-state index is -3.61. The molecule has 4 rings (SSSR count). The number of carbonyl (C=O) groups is 1. The molecule has 0 radical (unpaired) electrons. The Morgan fingerprint density at radius 1 is 1.21 bits per heavy atom. The standard InChI is InChI=1S/C28H35FN4O5S/c1-27(2,30)26(35)31-23(18-38-17-20-7-5-4-6-8-20)25(16-34)32-13-11-28(12-14-32)19-33(39(3,36)37)24-15-21(29)9-10-22(24)28/h4-10,15,23H,11-14,17-19,30H2,1-3H3,(H,31,35)/t23-/m0/s1. The monoisotopic (exact) mass is 558 g/mol. The molecular formula is C28H35FN4O5S. The largest absolute Gasteiger partial charge is 0.374 e. The second kappa shape index (κ2) is 11.1. The number of fused-ring (bicyclic) bond motifs is 2. The van der Waals surface area contributed by atoms with E-state index in [4.69, 9.17) is 10.5 Å². The van der Waals surface area contributed by atoms with Crippen molar-refractivity contribution in [2.45, 2.75) is 50.3 Å². The van der Waals surface area contributed by atoms with Gasteiger partial charge in [-0.25, -0.2) is 17.6 Å². The van der Waals surface area contributed by atoms with Gasteiger partial charge in [0.05, 0.1) is 30.7 Å². The molecule has 1 amide bonds. The third-order valence-electron chi connectivity index (χ3n) is 7.43. The molecule has 1 atom stereocenters. The van der Waals surface area contributed by atoms with E-state index in [2.05, 4.69) is 5.32 Å². The van der Waals surface area contributed by atoms with E-state index in [1.165, 1.54) is 16.4 Å². The predicted octanol–water partition coefficient (Wildman–Crippen LogP) is 2.09. The van der Waals surface area contributed by atoms with E-state index in [0.29, 0.717) is 38.2 Å². The van der Waals surface area contributed by atoms with Crippen LogP contribution in [-0.2, 0) is 36.4 Å². The number of likely N-dealkylation sites (tertiary alicyclic amines) is 1. The molecular weight excluding hydrogens is 523 g/mol. The van der Waals surface area contributed by atoms with E-state index in [1.54, 1.807) is 19.9 Å². The summed E-state index contributed by atoms with van der Waals surface area (Å²) in [6.45, 7) is 4.52. The normalized spacial score (nSPS) is 17.5. The zero-order valence-corrected chi connectivity index (χ0v) is 23.3. The fourth-order valence-electron chi connectivity index (χ4n) is 5.26. The molecule has 210 valence electrons. The van der Waals surface area contributed by atoms with Gasteiger partial charge in [-0.2, -0.15) is 0 Å². The molecule has 9 nitrogen and oxygen atoms in total. The summed E-state index contributed by atoms with van der Waals surface area (Å²) in [6, 6.07) is 13.0. The zero-order chi connectivity index (χ0) is 28.4. The number of anilines is 1. The van der Waals surface area contributed by atoms with Gasteiger partial charge in [0.2, 0.25) is 15.9 Å². The van der Waals surface area contributed by atoms with E-state index >= 15 is 0 Å². The first-order valence-corrected chi connectivity index (χ1v) is 14.7. The molecule has 1 spiro atoms. The summed E-state index contributed by atoms with van der Waals surface area (Å²) in [5.41, 5.74) is 6.65. The number of amides is 1. The average Bonchev–Trinajstić information content (AvgIpc) is 3.19. The topological polar surface area (TPSA) is 122 Å². The average molecular weight is 559 g/mol. The maximum Gasteiger partial charge on any atom is 0.240 e. The van der Waals surface area contributed by atoms with Crippen LogP contribution in [0.5, 0.6) is 0 Å². The summed E-state index contributed by atoms with van der Waals surface area (Å²) in [6.07, 6.45) is 2.16. The number of nitrogens with zero attached hydrogens (tertiary/aromatic N) is 2. The number of halogens is 1. The number of nitrogens with one attached hydrogen (secondary N) is 1. The van der Waals surface area contributed by atoms with Crippen molar-refractivity contribution in [1.82, 2.24) is 10.2 Å². The van der Waals surface area contributed by atoms with Gasteiger partial charge in [0.15, 0.2) is 0 Å². The van der Waals surface area contributed by atoms with Gasteiger partial charge in [-0.1, -0.05) is 36.4 Å². The number of ether oxygens (including phenoxy) is 1. The van der Waals surface area contributed by atoms with Crippen molar-refractivity contribution in [2.75, 3.05) is 36.8 Å². The third kappa shape index (κ3) is 6.33. The number of nitrogens with two attached hydrogens (primary N) is 1. The van der Waals surface area contributed by atoms with Crippen LogP contribution in [0.4, 0.5) is 10.1 Å². The highest BCUT2D eigenvalue weighted by Gasteiger charge is 2.48. The Labute approximate surface area is 228 Å². The van der Waals surface area contributed by atoms with Crippen molar-refractivity contribution in [3.63, 3.8) is 0 Å². The predicted molar refractivity (Wildman–Crippen MR) is 147 cm³/mol. The SMILES string of the molecule is CC(C)(N)C(=O)N[C@@H](COCc1ccccc1)C(=C=O)N1CCC2(CC1)CN(S(C)(=O)=O)c1cc(F)ccc12. The number of rotatable bonds is 9. The van der Waals surface area contributed by atoms with E-state index in [9.17, 15) is 22.4 Å². The summed E-state index contributed by atoms with van der Waals surface area (Å²) >= 11 is 0. The molecule has 2 aliphatic heterocycles. The Morgan fingerprint density at radius 2 is 1.87 bits per heavy atom. The zero-order valence-electron chi connectivity index (χ0n) is 22.4. The lowest BCUT2D eigenvalue weighted by molar-refractivity contribution is -0.126. The van der Waals surface area contributed by atoms with E-state index in [-0.39, 0.29) is 18.8 Å². The first-order valence-electron chi connectivity index (χ1n) is 12.8. The molecule has 11 heteroatoms. The summed E-state index contributed by atoms with van der Waals surface area (Å²) in [4.78, 5) is 26.9. The Bertz CT molecular complexity index is 1360. The highest BCUT2D eigenvalue weighted by atomic mass is 32.2. The molecule has 0 bridgehead atoms. The van der Waals surface area contributed by atoms with Crippen molar-refractivity contribution in [2.24, 2.45) is 5.73 Å². The van der Waals surface area contributed by atoms with Crippen molar-refractivity contribution in [3.8, 4) is 0 Å². The molecule has 2 aromatic rings. The van der Waals surface area contributed by atoms with E-state index in [0.717, 1.165) is 17.4 Å². The first kappa shape index (κ1) is 28.8. The number of piperidine rings is 1. The van der Waals surface area contributed by atoms with Crippen molar-refractivity contribution in [3.05, 3.63) is 71.2 Å². The number of hydrogen-bond acceptors (Lipinski definition) is 7. The second-order valence-electron chi connectivity index (χ2n) is 10.9. The maximum absolute atomic E-state index is 14.0. The Kier molecular flexibility index (Phi) is 8.18. The van der Waals surface area contributed by atoms with Gasteiger partial charge < -0.3 is 20.7 Å². The summed E-state index contributed by atoms with van der Waals surface area (Å²) < 4.78 is 46.2. The molecule has 2 heterocycles. The van der Waals surface area contributed by atoms with Crippen molar-refractivity contribution < 1.29 is 27.1 Å². The Morgan fingerprint density at radius 3 is 2.46 bits per heavy atom. The van der Waals surface area contributed by atoms with Gasteiger partial charge in [-0.05, 0) is 49.9 Å². The van der Waals surface area contributed by atoms with Crippen LogP contribution in [0.2, 0.25) is 0 Å². The maximum atomic E-state index is 14.0. The fraction of sp³-hybridized carbons (Fsp3) is 0.464. The van der Waals surface area contributed by atoms with Crippen LogP contribution < -0.4 is 15.4 Å². The lowest BCUT2D eigenvalue weighted by Gasteiger charge is -2.42. The number of benzene rings is 2. The Hall–Kier alpha value is -3.24. The molecule has 39 heavy (non-hydrogen) atoms. The Balaban J connectivity index is 1.52. The highest BCUT2D eigenvalue weighted by molar-refractivity contribution is 7.92. The minimum Gasteiger partial charge on any atom is -0.374 e. The van der Waals surface area contributed by atoms with E-state index in [1.807, 2.05) is 41.2 Å². The van der Waals surface area contributed by atoms with Gasteiger partial charge in [-0.15, -0.1) is 0 Å². The van der Waals surface area contributed by atoms with Gasteiger partial charge in [0.1, 0.15) is 23.5 Å². The lowest BCUT2D eigenvalue weighted by Crippen LogP contribution is -2.56. The highest BCUT2D eigenvalue weighted by Crippen LogP contribution is 2.48. The quantitative estimate of drug-likeness (QED) is 0.452. The van der Waals surface area contributed by atoms with Gasteiger partial charge >= 0.3 is 0 Å². The molecule has 0 aromatic heterocycles. The van der Waals surface area contributed by atoms with Crippen LogP contribution >= 0.6 is 0 Å². The van der Waals surface area contributed by atoms with Crippen LogP contribution in [0.15, 0.2) is 54.2 Å². The molecule has 2 aliphatic rings. The summed E-state index contributed by atoms with van der Waals surface area (Å²) in [7, 11) is -3.61. The molecule has 0 unspecified atom stereocenters. The van der Waals surface area contributed by atoms with Crippen LogP contribution in [0.25, 0.3) is 0 Å². The number of hydrogen-bond donors (Lipinski definition) is 2. The summed E-state index contributed by atoms with van der Waals surface area (Å²) in [5, 5.41) is 2.84. The molecule has 1 fully saturated rings. The molecule has 2 aromatic carbocycles. The van der Waals surface area contributed by atoms with Crippen LogP contribution in [-0.4, -0.2) is 69.2 Å². The molecule has 1 saturated heterocycles. The third-order valence-corrected chi connectivity index (χ3v) is 8.56. The van der Waals surface area contributed by atoms with Crippen LogP contribution in [0.1, 0.15) is 37.8 Å². The molecule has 0 saturated carbocycles. The van der Waals surface area contributed by atoms with Crippen LogP contribution in [0.3, 0.4) is 0 Å². The van der Waals surface area contributed by atoms with Crippen molar-refractivity contribution >= 4 is 27.6 Å². The first-order chi connectivity index (χ1) is 18.3. The van der Waals surface area contributed by atoms with Crippen LogP contribution in [0, 0.1) is 5.82 Å². The second-order valence-corrected chi connectivity index (χ2v) is 12.8. The fourth-order valence-corrected chi connectivity index (χ4v) is 6.25. The summed E-state index contributed by atoms with van der Waals surface area (Å²) in [5.74, 6) is 1.08. The van der Waals surface area contributed by atoms with Gasteiger partial charge in [0, 0.05) is 25.0 Å². The number of sulfonamides is 1. The lowest BCUT2D eigenvalue weighted by atomic mass is 9.74. The molecule has 3 N–H and O–H groups in total.